The predicted octanol–water partition coefficient (Wildman–Crippen LogP) is 4.80. The molecule has 0 aliphatic rings. The molecule has 1 aromatic carbocycles. The van der Waals surface area contributed by atoms with Crippen LogP contribution in [0.15, 0.2) is 55.0 Å². The predicted molar refractivity (Wildman–Crippen MR) is 93.1 cm³/mol. The van der Waals surface area contributed by atoms with Crippen LogP contribution in [0.3, 0.4) is 0 Å². The number of carbonyl (C=O) groups excluding carboxylic acids is 1. The summed E-state index contributed by atoms with van der Waals surface area (Å²) in [6, 6.07) is 6.64. The van der Waals surface area contributed by atoms with E-state index in [-0.39, 0.29) is 16.5 Å². The Morgan fingerprint density at radius 2 is 1.93 bits per heavy atom. The van der Waals surface area contributed by atoms with Crippen LogP contribution in [0.1, 0.15) is 15.9 Å². The van der Waals surface area contributed by atoms with Crippen molar-refractivity contribution in [3.8, 4) is 17.4 Å². The van der Waals surface area contributed by atoms with Crippen LogP contribution < -0.4 is 15.1 Å². The number of alkyl halides is 3. The molecule has 29 heavy (non-hydrogen) atoms. The van der Waals surface area contributed by atoms with Crippen LogP contribution in [0, 0.1) is 5.82 Å². The van der Waals surface area contributed by atoms with E-state index in [9.17, 15) is 22.4 Å². The molecule has 0 aliphatic heterocycles. The first-order chi connectivity index (χ1) is 13.7. The van der Waals surface area contributed by atoms with E-state index in [2.05, 4.69) is 9.97 Å². The number of nitrogens with one attached hydrogen (secondary N) is 1. The fourth-order valence-electron chi connectivity index (χ4n) is 2.08. The van der Waals surface area contributed by atoms with E-state index >= 15 is 0 Å². The smallest absolute Gasteiger partial charge is 0.417 e. The van der Waals surface area contributed by atoms with Gasteiger partial charge in [0.15, 0.2) is 5.75 Å². The van der Waals surface area contributed by atoms with Gasteiger partial charge in [0.2, 0.25) is 5.88 Å². The Balaban J connectivity index is 1.91. The number of carbonyl (C=O) groups is 1. The van der Waals surface area contributed by atoms with E-state index in [0.29, 0.717) is 12.3 Å². The molecule has 0 unspecified atom stereocenters. The number of nitrogens with zero attached hydrogens (tertiary/aromatic N) is 2. The maximum Gasteiger partial charge on any atom is 0.417 e. The van der Waals surface area contributed by atoms with Crippen molar-refractivity contribution in [1.29, 1.82) is 0 Å². The second-order valence-corrected chi connectivity index (χ2v) is 5.88. The maximum absolute atomic E-state index is 13.2. The zero-order chi connectivity index (χ0) is 21.0. The van der Waals surface area contributed by atoms with Crippen LogP contribution in [0.5, 0.6) is 17.4 Å². The van der Waals surface area contributed by atoms with Crippen LogP contribution in [-0.2, 0) is 6.18 Å². The van der Waals surface area contributed by atoms with Gasteiger partial charge in [0.25, 0.3) is 5.91 Å². The Bertz CT molecular complexity index is 1030. The molecule has 6 nitrogen and oxygen atoms in total. The molecule has 0 saturated carbocycles. The number of ether oxygens (including phenoxy) is 1. The van der Waals surface area contributed by atoms with Crippen molar-refractivity contribution in [2.24, 2.45) is 0 Å². The Hall–Kier alpha value is -3.40. The normalized spacial score (nSPS) is 11.1. The van der Waals surface area contributed by atoms with Gasteiger partial charge >= 0.3 is 6.18 Å². The number of aromatic nitrogens is 2. The summed E-state index contributed by atoms with van der Waals surface area (Å²) in [4.78, 5) is 24.7. The third-order valence-electron chi connectivity index (χ3n) is 3.42. The van der Waals surface area contributed by atoms with Gasteiger partial charge < -0.3 is 9.57 Å². The zero-order valence-electron chi connectivity index (χ0n) is 14.2. The molecular weight excluding hydrogens is 418 g/mol. The van der Waals surface area contributed by atoms with Crippen LogP contribution in [0.25, 0.3) is 0 Å². The summed E-state index contributed by atoms with van der Waals surface area (Å²) in [5.41, 5.74) is 0.226. The topological polar surface area (TPSA) is 73.3 Å². The number of hydrogen-bond acceptors (Lipinski definition) is 5. The first-order valence-electron chi connectivity index (χ1n) is 7.81. The minimum Gasteiger partial charge on any atom is -0.437 e. The van der Waals surface area contributed by atoms with E-state index in [1.165, 1.54) is 24.5 Å². The number of pyridine rings is 2. The number of benzene rings is 1. The van der Waals surface area contributed by atoms with Gasteiger partial charge in [0.05, 0.1) is 16.8 Å². The Morgan fingerprint density at radius 1 is 1.14 bits per heavy atom. The summed E-state index contributed by atoms with van der Waals surface area (Å²) in [5.74, 6) is -2.17. The lowest BCUT2D eigenvalue weighted by Gasteiger charge is -2.14. The maximum atomic E-state index is 13.2. The number of halogens is 5. The second kappa shape index (κ2) is 8.31. The summed E-state index contributed by atoms with van der Waals surface area (Å²) in [6.07, 6.45) is -1.52. The standard InChI is InChI=1S/C18H10ClF4N3O3/c19-14-7-11(20)3-4-15(14)28-17-13(6-10(8-25-17)18(21,22)23)16(27)26-29-12-2-1-5-24-9-12/h1-9H,(H,26,27). The second-order valence-electron chi connectivity index (χ2n) is 5.47. The largest absolute Gasteiger partial charge is 0.437 e. The minimum atomic E-state index is -4.75. The molecule has 0 spiro atoms. The zero-order valence-corrected chi connectivity index (χ0v) is 15.0. The third kappa shape index (κ3) is 5.11. The van der Waals surface area contributed by atoms with Gasteiger partial charge in [0.1, 0.15) is 17.1 Å². The van der Waals surface area contributed by atoms with Gasteiger partial charge in [-0.1, -0.05) is 11.6 Å². The fraction of sp³-hybridized carbons (Fsp3) is 0.0556. The van der Waals surface area contributed by atoms with Crippen molar-refractivity contribution in [1.82, 2.24) is 15.4 Å². The molecule has 0 bridgehead atoms. The average molecular weight is 428 g/mol. The summed E-state index contributed by atoms with van der Waals surface area (Å²) < 4.78 is 57.6. The van der Waals surface area contributed by atoms with Gasteiger partial charge in [-0.15, -0.1) is 0 Å². The minimum absolute atomic E-state index is 0.109. The van der Waals surface area contributed by atoms with Gasteiger partial charge in [-0.25, -0.2) is 9.37 Å². The molecule has 11 heteroatoms. The molecule has 0 aliphatic carbocycles. The lowest BCUT2D eigenvalue weighted by atomic mass is 10.2. The fourth-order valence-corrected chi connectivity index (χ4v) is 2.29. The van der Waals surface area contributed by atoms with Crippen LogP contribution in [0.4, 0.5) is 17.6 Å². The molecule has 3 rings (SSSR count). The van der Waals surface area contributed by atoms with Crippen molar-refractivity contribution in [2.45, 2.75) is 6.18 Å². The molecule has 2 aromatic heterocycles. The third-order valence-corrected chi connectivity index (χ3v) is 3.71. The average Bonchev–Trinajstić information content (AvgIpc) is 2.68. The van der Waals surface area contributed by atoms with Crippen molar-refractivity contribution in [3.63, 3.8) is 0 Å². The summed E-state index contributed by atoms with van der Waals surface area (Å²) in [7, 11) is 0. The van der Waals surface area contributed by atoms with Crippen molar-refractivity contribution in [3.05, 3.63) is 77.0 Å². The van der Waals surface area contributed by atoms with E-state index in [0.717, 1.165) is 18.2 Å². The molecular formula is C18H10ClF4N3O3. The Kier molecular flexibility index (Phi) is 5.83. The number of amides is 1. The molecule has 1 amide bonds. The quantitative estimate of drug-likeness (QED) is 0.467. The molecule has 0 atom stereocenters. The molecule has 3 aromatic rings. The van der Waals surface area contributed by atoms with Crippen molar-refractivity contribution >= 4 is 17.5 Å². The van der Waals surface area contributed by atoms with E-state index < -0.39 is 34.9 Å². The number of rotatable bonds is 5. The SMILES string of the molecule is O=C(NOc1cccnc1)c1cc(C(F)(F)F)cnc1Oc1ccc(F)cc1Cl. The highest BCUT2D eigenvalue weighted by Gasteiger charge is 2.33. The van der Waals surface area contributed by atoms with Crippen molar-refractivity contribution in [2.75, 3.05) is 0 Å². The molecule has 0 fully saturated rings. The van der Waals surface area contributed by atoms with Gasteiger partial charge in [0, 0.05) is 12.4 Å². The molecule has 150 valence electrons. The van der Waals surface area contributed by atoms with E-state index in [1.54, 1.807) is 0 Å². The monoisotopic (exact) mass is 427 g/mol. The summed E-state index contributed by atoms with van der Waals surface area (Å²) >= 11 is 5.85. The lowest BCUT2D eigenvalue weighted by Crippen LogP contribution is -2.28. The number of hydrogen-bond donors (Lipinski definition) is 1. The van der Waals surface area contributed by atoms with Crippen LogP contribution in [0.2, 0.25) is 5.02 Å². The van der Waals surface area contributed by atoms with Gasteiger partial charge in [-0.2, -0.15) is 18.7 Å². The first-order valence-corrected chi connectivity index (χ1v) is 8.19. The highest BCUT2D eigenvalue weighted by Crippen LogP contribution is 2.34. The van der Waals surface area contributed by atoms with Gasteiger partial charge in [-0.05, 0) is 36.4 Å². The lowest BCUT2D eigenvalue weighted by molar-refractivity contribution is -0.137. The summed E-state index contributed by atoms with van der Waals surface area (Å²) in [6.45, 7) is 0. The summed E-state index contributed by atoms with van der Waals surface area (Å²) in [5, 5.41) is -0.162. The highest BCUT2D eigenvalue weighted by atomic mass is 35.5. The van der Waals surface area contributed by atoms with Gasteiger partial charge in [-0.3, -0.25) is 9.78 Å². The molecule has 0 saturated heterocycles. The number of hydroxylamine groups is 1. The van der Waals surface area contributed by atoms with E-state index in [1.807, 2.05) is 5.48 Å². The van der Waals surface area contributed by atoms with Crippen LogP contribution in [-0.4, -0.2) is 15.9 Å². The van der Waals surface area contributed by atoms with Crippen LogP contribution >= 0.6 is 11.6 Å². The highest BCUT2D eigenvalue weighted by molar-refractivity contribution is 6.32. The first kappa shape index (κ1) is 20.3. The molecule has 1 N–H and O–H groups in total. The Morgan fingerprint density at radius 3 is 2.59 bits per heavy atom. The molecule has 2 heterocycles. The molecule has 0 radical (unpaired) electrons. The Labute approximate surface area is 166 Å². The van der Waals surface area contributed by atoms with Crippen molar-refractivity contribution < 1.29 is 31.9 Å². The van der Waals surface area contributed by atoms with E-state index in [4.69, 9.17) is 21.2 Å².